The standard InChI is InChI=1S/C27H23ClF2N8O2/c1-14-3-2-4-22(20-8-15(5-6-31-20)25-21(35-26(14)40)12-34-38(25)27(29)30)37-13-32-19(10-23(37)39)18-9-17(28)7-16-11-33-36-24(16)18/h5-14,22,27H,2-4H2,1H3,(H,33,36)(H,35,40). The number of hydrogen-bond donors (Lipinski definition) is 2. The van der Waals surface area contributed by atoms with Gasteiger partial charge in [0.05, 0.1) is 53.0 Å². The van der Waals surface area contributed by atoms with Crippen LogP contribution in [0, 0.1) is 5.92 Å². The zero-order chi connectivity index (χ0) is 28.0. The second-order valence-corrected chi connectivity index (χ2v) is 10.2. The maximum Gasteiger partial charge on any atom is 0.333 e. The van der Waals surface area contributed by atoms with Crippen LogP contribution < -0.4 is 10.9 Å². The van der Waals surface area contributed by atoms with Gasteiger partial charge in [0.25, 0.3) is 5.56 Å². The average molecular weight is 565 g/mol. The normalized spacial score (nSPS) is 17.8. The summed E-state index contributed by atoms with van der Waals surface area (Å²) in [7, 11) is 0. The van der Waals surface area contributed by atoms with Crippen LogP contribution in [0.1, 0.15) is 44.5 Å². The minimum Gasteiger partial charge on any atom is -0.323 e. The molecule has 5 heterocycles. The summed E-state index contributed by atoms with van der Waals surface area (Å²) in [6, 6.07) is 7.56. The Kier molecular flexibility index (Phi) is 6.62. The Balaban J connectivity index is 1.46. The maximum absolute atomic E-state index is 13.9. The van der Waals surface area contributed by atoms with Crippen molar-refractivity contribution in [1.29, 1.82) is 0 Å². The van der Waals surface area contributed by atoms with Crippen LogP contribution in [0.5, 0.6) is 0 Å². The summed E-state index contributed by atoms with van der Waals surface area (Å²) in [5.74, 6) is -0.692. The van der Waals surface area contributed by atoms with E-state index in [2.05, 4.69) is 30.6 Å². The number of halogens is 3. The molecule has 2 atom stereocenters. The molecule has 4 aromatic heterocycles. The van der Waals surface area contributed by atoms with Crippen molar-refractivity contribution in [3.63, 3.8) is 0 Å². The highest BCUT2D eigenvalue weighted by Gasteiger charge is 2.26. The van der Waals surface area contributed by atoms with Crippen LogP contribution in [0.3, 0.4) is 0 Å². The number of pyridine rings is 1. The number of anilines is 1. The zero-order valence-electron chi connectivity index (χ0n) is 21.2. The van der Waals surface area contributed by atoms with Crippen LogP contribution >= 0.6 is 11.6 Å². The number of benzene rings is 1. The molecular weight excluding hydrogens is 542 g/mol. The second kappa shape index (κ2) is 10.3. The second-order valence-electron chi connectivity index (χ2n) is 9.74. The Labute approximate surface area is 231 Å². The quantitative estimate of drug-likeness (QED) is 0.301. The number of nitrogens with zero attached hydrogens (tertiary/aromatic N) is 6. The predicted octanol–water partition coefficient (Wildman–Crippen LogP) is 5.44. The lowest BCUT2D eigenvalue weighted by Gasteiger charge is -2.22. The van der Waals surface area contributed by atoms with Gasteiger partial charge in [-0.25, -0.2) is 9.67 Å². The third-order valence-corrected chi connectivity index (χ3v) is 7.38. The van der Waals surface area contributed by atoms with Crippen molar-refractivity contribution in [2.24, 2.45) is 5.92 Å². The summed E-state index contributed by atoms with van der Waals surface area (Å²) in [6.07, 6.45) is 7.40. The lowest BCUT2D eigenvalue weighted by Crippen LogP contribution is -2.27. The average Bonchev–Trinajstić information content (AvgIpc) is 3.57. The summed E-state index contributed by atoms with van der Waals surface area (Å²) < 4.78 is 29.8. The lowest BCUT2D eigenvalue weighted by atomic mass is 9.97. The number of H-pyrrole nitrogens is 1. The van der Waals surface area contributed by atoms with Gasteiger partial charge >= 0.3 is 6.55 Å². The van der Waals surface area contributed by atoms with Gasteiger partial charge < -0.3 is 5.32 Å². The molecule has 5 aromatic rings. The number of aromatic amines is 1. The van der Waals surface area contributed by atoms with Gasteiger partial charge in [0.2, 0.25) is 5.91 Å². The van der Waals surface area contributed by atoms with Gasteiger partial charge in [-0.05, 0) is 37.1 Å². The van der Waals surface area contributed by atoms with Crippen LogP contribution in [0.2, 0.25) is 5.02 Å². The third-order valence-electron chi connectivity index (χ3n) is 7.16. The molecule has 204 valence electrons. The molecule has 0 saturated carbocycles. The zero-order valence-corrected chi connectivity index (χ0v) is 21.9. The van der Waals surface area contributed by atoms with E-state index >= 15 is 0 Å². The first-order chi connectivity index (χ1) is 19.3. The van der Waals surface area contributed by atoms with Crippen molar-refractivity contribution < 1.29 is 13.6 Å². The van der Waals surface area contributed by atoms with Gasteiger partial charge in [-0.1, -0.05) is 24.9 Å². The molecule has 2 N–H and O–H groups in total. The molecule has 2 unspecified atom stereocenters. The number of rotatable bonds is 3. The molecule has 0 saturated heterocycles. The Morgan fingerprint density at radius 3 is 2.75 bits per heavy atom. The fourth-order valence-corrected chi connectivity index (χ4v) is 5.34. The first kappa shape index (κ1) is 25.8. The minimum absolute atomic E-state index is 0.0591. The fourth-order valence-electron chi connectivity index (χ4n) is 5.12. The first-order valence-corrected chi connectivity index (χ1v) is 13.0. The van der Waals surface area contributed by atoms with E-state index in [-0.39, 0.29) is 22.8 Å². The van der Waals surface area contributed by atoms with Crippen LogP contribution in [0.4, 0.5) is 14.5 Å². The molecule has 1 aliphatic heterocycles. The third kappa shape index (κ3) is 4.64. The summed E-state index contributed by atoms with van der Waals surface area (Å²) in [6.45, 7) is -1.15. The monoisotopic (exact) mass is 564 g/mol. The number of aromatic nitrogens is 7. The Hall–Kier alpha value is -4.45. The molecule has 1 aliphatic rings. The lowest BCUT2D eigenvalue weighted by molar-refractivity contribution is -0.119. The maximum atomic E-state index is 13.9. The molecule has 0 aliphatic carbocycles. The van der Waals surface area contributed by atoms with E-state index in [9.17, 15) is 18.4 Å². The molecular formula is C27H23ClF2N8O2. The van der Waals surface area contributed by atoms with Gasteiger partial charge in [0.15, 0.2) is 0 Å². The number of fused-ring (bicyclic) bond motifs is 5. The summed E-state index contributed by atoms with van der Waals surface area (Å²) >= 11 is 6.29. The highest BCUT2D eigenvalue weighted by Crippen LogP contribution is 2.35. The van der Waals surface area contributed by atoms with Crippen molar-refractivity contribution in [1.82, 2.24) is 34.5 Å². The Morgan fingerprint density at radius 1 is 1.10 bits per heavy atom. The summed E-state index contributed by atoms with van der Waals surface area (Å²) in [5, 5.41) is 14.8. The smallest absolute Gasteiger partial charge is 0.323 e. The van der Waals surface area contributed by atoms with Gasteiger partial charge in [0, 0.05) is 39.7 Å². The van der Waals surface area contributed by atoms with E-state index in [0.29, 0.717) is 57.0 Å². The molecule has 40 heavy (non-hydrogen) atoms. The molecule has 0 spiro atoms. The van der Waals surface area contributed by atoms with Gasteiger partial charge in [0.1, 0.15) is 0 Å². The van der Waals surface area contributed by atoms with Gasteiger partial charge in [-0.2, -0.15) is 19.0 Å². The van der Waals surface area contributed by atoms with E-state index in [1.165, 1.54) is 29.4 Å². The van der Waals surface area contributed by atoms with Crippen LogP contribution in [0.25, 0.3) is 33.4 Å². The first-order valence-electron chi connectivity index (χ1n) is 12.6. The van der Waals surface area contributed by atoms with E-state index in [4.69, 9.17) is 11.6 Å². The van der Waals surface area contributed by atoms with Gasteiger partial charge in [-0.15, -0.1) is 0 Å². The Bertz CT molecular complexity index is 1800. The van der Waals surface area contributed by atoms with Crippen LogP contribution in [-0.4, -0.2) is 40.4 Å². The minimum atomic E-state index is -2.93. The Morgan fingerprint density at radius 2 is 1.95 bits per heavy atom. The molecule has 13 heteroatoms. The molecule has 0 radical (unpaired) electrons. The summed E-state index contributed by atoms with van der Waals surface area (Å²) in [4.78, 5) is 35.4. The van der Waals surface area contributed by atoms with Crippen molar-refractivity contribution in [2.45, 2.75) is 38.8 Å². The number of carbonyl (C=O) groups is 1. The topological polar surface area (TPSA) is 123 Å². The van der Waals surface area contributed by atoms with Crippen LogP contribution in [0.15, 0.2) is 60.0 Å². The number of amides is 1. The van der Waals surface area contributed by atoms with E-state index in [1.54, 1.807) is 37.4 Å². The molecule has 1 aromatic carbocycles. The van der Waals surface area contributed by atoms with E-state index in [1.807, 2.05) is 0 Å². The molecule has 2 bridgehead atoms. The number of carbonyl (C=O) groups excluding carboxylic acids is 1. The molecule has 10 nitrogen and oxygen atoms in total. The predicted molar refractivity (Wildman–Crippen MR) is 145 cm³/mol. The fraction of sp³-hybridized carbons (Fsp3) is 0.259. The molecule has 1 amide bonds. The van der Waals surface area contributed by atoms with Gasteiger partial charge in [-0.3, -0.25) is 24.2 Å². The van der Waals surface area contributed by atoms with Crippen LogP contribution in [-0.2, 0) is 4.79 Å². The van der Waals surface area contributed by atoms with Crippen molar-refractivity contribution in [3.05, 3.63) is 76.3 Å². The van der Waals surface area contributed by atoms with Crippen molar-refractivity contribution in [2.75, 3.05) is 5.32 Å². The van der Waals surface area contributed by atoms with Crippen molar-refractivity contribution >= 4 is 34.1 Å². The SMILES string of the molecule is CC1CCCC(n2cnc(-c3cc(Cl)cc4cn[nH]c34)cc2=O)c2cc(ccn2)-c2c(cnn2C(F)F)NC1=O. The number of alkyl halides is 2. The van der Waals surface area contributed by atoms with E-state index < -0.39 is 18.5 Å². The number of nitrogens with one attached hydrogen (secondary N) is 2. The molecule has 0 fully saturated rings. The highest BCUT2D eigenvalue weighted by molar-refractivity contribution is 6.31. The molecule has 6 rings (SSSR count). The van der Waals surface area contributed by atoms with E-state index in [0.717, 1.165) is 5.39 Å². The van der Waals surface area contributed by atoms with Crippen molar-refractivity contribution in [3.8, 4) is 22.5 Å². The summed E-state index contributed by atoms with van der Waals surface area (Å²) in [5.41, 5.74) is 2.55. The number of hydrogen-bond acceptors (Lipinski definition) is 6. The largest absolute Gasteiger partial charge is 0.333 e. The highest BCUT2D eigenvalue weighted by atomic mass is 35.5.